The summed E-state index contributed by atoms with van der Waals surface area (Å²) in [6.45, 7) is 3.43. The third-order valence-corrected chi connectivity index (χ3v) is 3.90. The lowest BCUT2D eigenvalue weighted by Crippen LogP contribution is -2.40. The number of hydrogen-bond acceptors (Lipinski definition) is 4. The van der Waals surface area contributed by atoms with E-state index in [9.17, 15) is 9.59 Å². The summed E-state index contributed by atoms with van der Waals surface area (Å²) in [6, 6.07) is 6.74. The molecule has 0 unspecified atom stereocenters. The molecule has 0 aliphatic rings. The minimum absolute atomic E-state index is 0.0307. The van der Waals surface area contributed by atoms with E-state index >= 15 is 0 Å². The number of rotatable bonds is 4. The lowest BCUT2D eigenvalue weighted by molar-refractivity contribution is 0.0969. The summed E-state index contributed by atoms with van der Waals surface area (Å²) in [6.07, 6.45) is 4.24. The van der Waals surface area contributed by atoms with Gasteiger partial charge >= 0.3 is 0 Å². The Morgan fingerprint density at radius 3 is 2.62 bits per heavy atom. The lowest BCUT2D eigenvalue weighted by atomic mass is 9.87. The van der Waals surface area contributed by atoms with Gasteiger partial charge in [0, 0.05) is 17.6 Å². The molecule has 26 heavy (non-hydrogen) atoms. The van der Waals surface area contributed by atoms with E-state index in [1.807, 2.05) is 0 Å². The van der Waals surface area contributed by atoms with Crippen LogP contribution in [0.5, 0.6) is 0 Å². The summed E-state index contributed by atoms with van der Waals surface area (Å²) < 4.78 is 2.61. The van der Waals surface area contributed by atoms with Crippen LogP contribution in [-0.4, -0.2) is 33.3 Å². The van der Waals surface area contributed by atoms with Crippen molar-refractivity contribution < 1.29 is 4.79 Å². The van der Waals surface area contributed by atoms with E-state index in [1.54, 1.807) is 37.5 Å². The highest BCUT2D eigenvalue weighted by Crippen LogP contribution is 2.18. The molecule has 0 aliphatic carbocycles. The Morgan fingerprint density at radius 1 is 1.35 bits per heavy atom. The third kappa shape index (κ3) is 3.19. The zero-order chi connectivity index (χ0) is 18.8. The van der Waals surface area contributed by atoms with Crippen molar-refractivity contribution in [3.8, 4) is 16.9 Å². The first kappa shape index (κ1) is 17.7. The summed E-state index contributed by atoms with van der Waals surface area (Å²) in [7, 11) is 7.82. The van der Waals surface area contributed by atoms with Crippen LogP contribution in [0.15, 0.2) is 54.2 Å². The van der Waals surface area contributed by atoms with Gasteiger partial charge < -0.3 is 5.32 Å². The Balaban J connectivity index is 2.32. The van der Waals surface area contributed by atoms with Crippen molar-refractivity contribution in [1.29, 1.82) is 0 Å². The molecule has 0 aliphatic heterocycles. The Kier molecular flexibility index (Phi) is 4.77. The smallest absolute Gasteiger partial charge is 0.283 e. The molecule has 1 aromatic carbocycles. The van der Waals surface area contributed by atoms with Crippen LogP contribution in [0.1, 0.15) is 10.4 Å². The second-order valence-electron chi connectivity index (χ2n) is 5.41. The minimum Gasteiger partial charge on any atom is -0.329 e. The molecule has 0 fully saturated rings. The number of aromatic nitrogens is 4. The van der Waals surface area contributed by atoms with Gasteiger partial charge in [-0.3, -0.25) is 14.3 Å². The average Bonchev–Trinajstić information content (AvgIpc) is 3.03. The van der Waals surface area contributed by atoms with E-state index in [-0.39, 0.29) is 16.7 Å². The fourth-order valence-corrected chi connectivity index (χ4v) is 2.56. The fraction of sp³-hybridized carbons (Fsp3) is 0.0588. The monoisotopic (exact) mass is 365 g/mol. The maximum Gasteiger partial charge on any atom is 0.283 e. The number of aryl methyl sites for hydroxylation is 1. The van der Waals surface area contributed by atoms with Crippen LogP contribution >= 0.6 is 11.6 Å². The van der Waals surface area contributed by atoms with Crippen molar-refractivity contribution in [2.75, 3.05) is 0 Å². The average molecular weight is 366 g/mol. The number of halogens is 1. The topological polar surface area (TPSA) is 81.8 Å². The van der Waals surface area contributed by atoms with Gasteiger partial charge in [0.1, 0.15) is 19.1 Å². The van der Waals surface area contributed by atoms with E-state index in [1.165, 1.54) is 17.1 Å². The molecule has 0 saturated carbocycles. The molecule has 2 radical (unpaired) electrons. The molecule has 3 aromatic rings. The van der Waals surface area contributed by atoms with Crippen LogP contribution in [-0.2, 0) is 7.05 Å². The molecule has 0 saturated heterocycles. The van der Waals surface area contributed by atoms with Crippen LogP contribution in [0.25, 0.3) is 16.9 Å². The summed E-state index contributed by atoms with van der Waals surface area (Å²) in [4.78, 5) is 25.2. The van der Waals surface area contributed by atoms with Crippen molar-refractivity contribution in [2.45, 2.75) is 0 Å². The number of amides is 1. The zero-order valence-corrected chi connectivity index (χ0v) is 14.6. The van der Waals surface area contributed by atoms with Crippen LogP contribution in [0, 0.1) is 0 Å². The zero-order valence-electron chi connectivity index (χ0n) is 13.8. The Morgan fingerprint density at radius 2 is 2.04 bits per heavy atom. The molecule has 0 spiro atoms. The quantitative estimate of drug-likeness (QED) is 0.698. The molecule has 1 amide bonds. The van der Waals surface area contributed by atoms with Crippen molar-refractivity contribution in [2.24, 2.45) is 7.05 Å². The maximum atomic E-state index is 12.8. The first-order chi connectivity index (χ1) is 12.4. The molecular formula is C17H13BClN5O2. The summed E-state index contributed by atoms with van der Waals surface area (Å²) >= 11 is 5.92. The molecule has 1 N–H and O–H groups in total. The normalized spacial score (nSPS) is 10.5. The Labute approximate surface area is 155 Å². The first-order valence-corrected chi connectivity index (χ1v) is 7.89. The number of carbonyl (C=O) groups is 1. The van der Waals surface area contributed by atoms with Crippen molar-refractivity contribution >= 4 is 30.8 Å². The second kappa shape index (κ2) is 7.01. The van der Waals surface area contributed by atoms with Gasteiger partial charge in [-0.25, -0.2) is 0 Å². The number of benzene rings is 1. The van der Waals surface area contributed by atoms with Gasteiger partial charge in [0.05, 0.1) is 18.1 Å². The van der Waals surface area contributed by atoms with Crippen LogP contribution in [0.2, 0.25) is 5.02 Å². The highest BCUT2D eigenvalue weighted by molar-refractivity contribution is 6.39. The summed E-state index contributed by atoms with van der Waals surface area (Å²) in [5, 5.41) is 11.3. The van der Waals surface area contributed by atoms with Gasteiger partial charge in [0.15, 0.2) is 0 Å². The Hall–Kier alpha value is -3.13. The molecule has 7 nitrogen and oxygen atoms in total. The van der Waals surface area contributed by atoms with Crippen LogP contribution in [0.3, 0.4) is 0 Å². The molecule has 2 heterocycles. The molecule has 0 atom stereocenters. The standard InChI is InChI=1S/C17H13BClN5O2/c1-3-20-16(25)13-14(18)15(10-4-6-11(19)7-5-10)22-24(17(13)26)12-8-21-23(2)9-12/h3-9H,1H2,2H3,(H,20,25). The molecule has 128 valence electrons. The van der Waals surface area contributed by atoms with Crippen LogP contribution < -0.4 is 16.3 Å². The molecule has 2 aromatic heterocycles. The Bertz CT molecular complexity index is 1060. The van der Waals surface area contributed by atoms with E-state index in [4.69, 9.17) is 19.4 Å². The fourth-order valence-electron chi connectivity index (χ4n) is 2.44. The van der Waals surface area contributed by atoms with Gasteiger partial charge in [-0.2, -0.15) is 14.9 Å². The predicted octanol–water partition coefficient (Wildman–Crippen LogP) is 0.953. The van der Waals surface area contributed by atoms with Gasteiger partial charge in [0.25, 0.3) is 11.5 Å². The molecule has 9 heteroatoms. The largest absolute Gasteiger partial charge is 0.329 e. The number of carbonyl (C=O) groups excluding carboxylic acids is 1. The van der Waals surface area contributed by atoms with Gasteiger partial charge in [0.2, 0.25) is 0 Å². The van der Waals surface area contributed by atoms with Crippen molar-refractivity contribution in [3.63, 3.8) is 0 Å². The third-order valence-electron chi connectivity index (χ3n) is 3.64. The number of nitrogens with one attached hydrogen (secondary N) is 1. The van der Waals surface area contributed by atoms with Crippen molar-refractivity contribution in [3.05, 3.63) is 70.4 Å². The maximum absolute atomic E-state index is 12.8. The van der Waals surface area contributed by atoms with E-state index in [0.29, 0.717) is 16.3 Å². The summed E-state index contributed by atoms with van der Waals surface area (Å²) in [5.41, 5.74) is 0.370. The number of nitrogens with zero attached hydrogens (tertiary/aromatic N) is 4. The van der Waals surface area contributed by atoms with Gasteiger partial charge in [-0.05, 0) is 18.3 Å². The first-order valence-electron chi connectivity index (χ1n) is 7.52. The molecule has 0 bridgehead atoms. The van der Waals surface area contributed by atoms with E-state index in [0.717, 1.165) is 4.68 Å². The second-order valence-corrected chi connectivity index (χ2v) is 5.85. The van der Waals surface area contributed by atoms with Crippen molar-refractivity contribution in [1.82, 2.24) is 24.9 Å². The SMILES string of the molecule is [B]c1c(-c2ccc(Cl)cc2)nn(-c2cnn(C)c2)c(=O)c1C(=O)NC=C. The van der Waals surface area contributed by atoms with Crippen LogP contribution in [0.4, 0.5) is 0 Å². The highest BCUT2D eigenvalue weighted by Gasteiger charge is 2.21. The highest BCUT2D eigenvalue weighted by atomic mass is 35.5. The van der Waals surface area contributed by atoms with E-state index < -0.39 is 11.5 Å². The molecular weight excluding hydrogens is 352 g/mol. The van der Waals surface area contributed by atoms with E-state index in [2.05, 4.69) is 22.1 Å². The molecule has 3 rings (SSSR count). The number of hydrogen-bond donors (Lipinski definition) is 1. The minimum atomic E-state index is -0.669. The summed E-state index contributed by atoms with van der Waals surface area (Å²) in [5.74, 6) is -0.669. The van der Waals surface area contributed by atoms with Gasteiger partial charge in [-0.1, -0.05) is 35.8 Å². The predicted molar refractivity (Wildman–Crippen MR) is 100 cm³/mol. The van der Waals surface area contributed by atoms with Gasteiger partial charge in [-0.15, -0.1) is 0 Å². The lowest BCUT2D eigenvalue weighted by Gasteiger charge is -2.13.